The molecular formula is C32H27BF15N3. The number of nitrogen functional groups attached to an aromatic ring is 1. The summed E-state index contributed by atoms with van der Waals surface area (Å²) in [7, 11) is 0. The van der Waals surface area contributed by atoms with Gasteiger partial charge in [-0.2, -0.15) is 0 Å². The quantitative estimate of drug-likeness (QED) is 0.0377. The molecule has 0 atom stereocenters. The van der Waals surface area contributed by atoms with Gasteiger partial charge in [0.15, 0.2) is 87.3 Å². The second-order valence-corrected chi connectivity index (χ2v) is 11.2. The van der Waals surface area contributed by atoms with Crippen LogP contribution in [-0.2, 0) is 6.42 Å². The molecule has 3 nitrogen and oxygen atoms in total. The third-order valence-corrected chi connectivity index (χ3v) is 7.85. The zero-order valence-corrected chi connectivity index (χ0v) is 26.4. The number of hydrogen-bond acceptors (Lipinski definition) is 2. The highest BCUT2D eigenvalue weighted by molar-refractivity contribution is 6.95. The van der Waals surface area contributed by atoms with E-state index in [0.717, 1.165) is 12.2 Å². The lowest BCUT2D eigenvalue weighted by Gasteiger charge is -2.21. The highest BCUT2D eigenvalue weighted by Gasteiger charge is 2.45. The second kappa shape index (κ2) is 17.8. The number of rotatable bonds is 13. The summed E-state index contributed by atoms with van der Waals surface area (Å²) in [6, 6.07) is 0. The van der Waals surface area contributed by atoms with Crippen molar-refractivity contribution in [2.24, 2.45) is 0 Å². The van der Waals surface area contributed by atoms with Gasteiger partial charge in [-0.1, -0.05) is 58.3 Å². The Hall–Kier alpha value is -4.32. The summed E-state index contributed by atoms with van der Waals surface area (Å²) in [5.41, 5.74) is -8.03. The first-order valence-electron chi connectivity index (χ1n) is 15.3. The van der Waals surface area contributed by atoms with Gasteiger partial charge in [0.25, 0.3) is 6.71 Å². The minimum Gasteiger partial charge on any atom is -0.338 e. The van der Waals surface area contributed by atoms with Crippen LogP contribution in [0.4, 0.5) is 65.9 Å². The van der Waals surface area contributed by atoms with Crippen molar-refractivity contribution >= 4 is 23.1 Å². The third-order valence-electron chi connectivity index (χ3n) is 7.85. The van der Waals surface area contributed by atoms with Crippen molar-refractivity contribution in [1.82, 2.24) is 9.66 Å². The monoisotopic (exact) mass is 749 g/mol. The van der Waals surface area contributed by atoms with Gasteiger partial charge < -0.3 is 5.84 Å². The van der Waals surface area contributed by atoms with Gasteiger partial charge in [0.05, 0.1) is 0 Å². The van der Waals surface area contributed by atoms with Crippen LogP contribution in [0, 0.1) is 87.3 Å². The second-order valence-electron chi connectivity index (χ2n) is 11.2. The Morgan fingerprint density at radius 2 is 0.725 bits per heavy atom. The van der Waals surface area contributed by atoms with E-state index in [1.165, 1.54) is 57.8 Å². The Morgan fingerprint density at radius 1 is 0.451 bits per heavy atom. The fourth-order valence-electron chi connectivity index (χ4n) is 5.19. The van der Waals surface area contributed by atoms with Gasteiger partial charge in [-0.15, -0.1) is 0 Å². The topological polar surface area (TPSA) is 43.8 Å². The van der Waals surface area contributed by atoms with Gasteiger partial charge in [-0.25, -0.2) is 70.8 Å². The normalized spacial score (nSPS) is 11.2. The lowest BCUT2D eigenvalue weighted by Crippen LogP contribution is -2.60. The van der Waals surface area contributed by atoms with Crippen molar-refractivity contribution in [3.8, 4) is 0 Å². The zero-order valence-electron chi connectivity index (χ0n) is 26.4. The molecule has 4 rings (SSSR count). The average molecular weight is 749 g/mol. The van der Waals surface area contributed by atoms with Crippen LogP contribution in [0.3, 0.4) is 0 Å². The lowest BCUT2D eigenvalue weighted by molar-refractivity contribution is 0.380. The summed E-state index contributed by atoms with van der Waals surface area (Å²) in [5.74, 6) is -38.5. The number of aromatic nitrogens is 2. The fraction of sp³-hybridized carbons (Fsp3) is 0.344. The maximum absolute atomic E-state index is 14.4. The number of hydrogen-bond donors (Lipinski definition) is 1. The number of imidazole rings is 1. The number of unbranched alkanes of at least 4 members (excludes halogenated alkanes) is 8. The summed E-state index contributed by atoms with van der Waals surface area (Å²) in [5, 5.41) is 0. The predicted molar refractivity (Wildman–Crippen MR) is 157 cm³/mol. The number of nitrogens with two attached hydrogens (primary N) is 1. The van der Waals surface area contributed by atoms with Crippen LogP contribution in [-0.4, -0.2) is 16.4 Å². The van der Waals surface area contributed by atoms with Crippen LogP contribution in [0.1, 0.15) is 70.5 Å². The molecule has 3 aromatic carbocycles. The van der Waals surface area contributed by atoms with E-state index in [-0.39, 0.29) is 0 Å². The predicted octanol–water partition coefficient (Wildman–Crippen LogP) is 7.96. The molecule has 0 amide bonds. The van der Waals surface area contributed by atoms with Crippen molar-refractivity contribution in [2.75, 3.05) is 5.84 Å². The van der Waals surface area contributed by atoms with E-state index in [2.05, 4.69) is 11.9 Å². The lowest BCUT2D eigenvalue weighted by atomic mass is 9.36. The molecular weight excluding hydrogens is 722 g/mol. The Bertz CT molecular complexity index is 1610. The van der Waals surface area contributed by atoms with E-state index in [9.17, 15) is 65.9 Å². The number of halogens is 15. The van der Waals surface area contributed by atoms with Crippen molar-refractivity contribution in [3.63, 3.8) is 0 Å². The minimum absolute atomic E-state index is 1.01. The first kappa shape index (κ1) is 41.1. The molecule has 1 aromatic heterocycles. The van der Waals surface area contributed by atoms with Crippen LogP contribution in [0.15, 0.2) is 12.4 Å². The van der Waals surface area contributed by atoms with E-state index >= 15 is 0 Å². The maximum Gasteiger partial charge on any atom is 0.265 e. The van der Waals surface area contributed by atoms with Crippen LogP contribution in [0.25, 0.3) is 0 Å². The van der Waals surface area contributed by atoms with E-state index in [1.807, 2.05) is 6.20 Å². The van der Waals surface area contributed by atoms with Crippen LogP contribution < -0.4 is 22.2 Å². The van der Waals surface area contributed by atoms with Gasteiger partial charge in [0.1, 0.15) is 5.82 Å². The standard InChI is InChI=1S/C18BF15.C14H27N3/c20-4-1(5(21)11(27)16(32)10(4)26)19(2-6(22)12(28)17(33)13(29)7(2)23)3-8(24)14(30)18(34)15(31)9(3)25;1-2-3-4-5-6-7-8-9-10-11-14-16-12-13-17(14)15/h;12-13H,2-11,15H2,1H3. The highest BCUT2D eigenvalue weighted by atomic mass is 19.2. The largest absolute Gasteiger partial charge is 0.338 e. The van der Waals surface area contributed by atoms with Crippen molar-refractivity contribution in [2.45, 2.75) is 71.1 Å². The SMILES string of the molecule is CCCCCCCCCCCc1nccn1N.Fc1c(F)c(F)c(B(c2c(F)c(F)c(F)c(F)c2F)c2c(F)c(F)c(F)c(F)c2F)c(F)c1F. The van der Waals surface area contributed by atoms with E-state index < -0.39 is 110 Å². The van der Waals surface area contributed by atoms with Crippen LogP contribution in [0.5, 0.6) is 0 Å². The first-order chi connectivity index (χ1) is 24.0. The Morgan fingerprint density at radius 3 is 1.00 bits per heavy atom. The van der Waals surface area contributed by atoms with Gasteiger partial charge in [0.2, 0.25) is 0 Å². The molecule has 0 bridgehead atoms. The van der Waals surface area contributed by atoms with Crippen LogP contribution >= 0.6 is 0 Å². The minimum atomic E-state index is -3.96. The fourth-order valence-corrected chi connectivity index (χ4v) is 5.19. The number of aryl methyl sites for hydroxylation is 1. The number of benzene rings is 3. The van der Waals surface area contributed by atoms with Crippen LogP contribution in [0.2, 0.25) is 0 Å². The van der Waals surface area contributed by atoms with Crippen molar-refractivity contribution in [1.29, 1.82) is 0 Å². The molecule has 0 aliphatic carbocycles. The third kappa shape index (κ3) is 8.60. The van der Waals surface area contributed by atoms with E-state index in [0.29, 0.717) is 0 Å². The highest BCUT2D eigenvalue weighted by Crippen LogP contribution is 2.23. The smallest absolute Gasteiger partial charge is 0.265 e. The molecule has 0 saturated heterocycles. The van der Waals surface area contributed by atoms with Crippen molar-refractivity contribution < 1.29 is 65.9 Å². The van der Waals surface area contributed by atoms with Gasteiger partial charge in [0, 0.05) is 35.2 Å². The molecule has 278 valence electrons. The number of nitrogens with zero attached hydrogens (tertiary/aromatic N) is 2. The summed E-state index contributed by atoms with van der Waals surface area (Å²) >= 11 is 0. The Labute approximate surface area is 281 Å². The summed E-state index contributed by atoms with van der Waals surface area (Å²) in [6.07, 6.45) is 16.8. The molecule has 0 aliphatic rings. The Balaban J connectivity index is 0.000000347. The molecule has 0 fully saturated rings. The molecule has 0 unspecified atom stereocenters. The molecule has 4 aromatic rings. The average Bonchev–Trinajstić information content (AvgIpc) is 3.53. The molecule has 19 heteroatoms. The molecule has 0 radical (unpaired) electrons. The zero-order chi connectivity index (χ0) is 38.3. The molecule has 0 aliphatic heterocycles. The van der Waals surface area contributed by atoms with Gasteiger partial charge in [-0.05, 0) is 6.42 Å². The first-order valence-corrected chi connectivity index (χ1v) is 15.3. The summed E-state index contributed by atoms with van der Waals surface area (Å²) in [4.78, 5) is 4.22. The van der Waals surface area contributed by atoms with Crippen molar-refractivity contribution in [3.05, 3.63) is 105 Å². The summed E-state index contributed by atoms with van der Waals surface area (Å²) in [6.45, 7) is -1.69. The molecule has 51 heavy (non-hydrogen) atoms. The molecule has 0 saturated carbocycles. The Kier molecular flexibility index (Phi) is 14.3. The molecule has 0 spiro atoms. The van der Waals surface area contributed by atoms with Gasteiger partial charge in [-0.3, -0.25) is 4.68 Å². The van der Waals surface area contributed by atoms with E-state index in [1.54, 1.807) is 10.9 Å². The molecule has 1 heterocycles. The molecule has 2 N–H and O–H groups in total. The van der Waals surface area contributed by atoms with Gasteiger partial charge >= 0.3 is 0 Å². The summed E-state index contributed by atoms with van der Waals surface area (Å²) < 4.78 is 210. The van der Waals surface area contributed by atoms with E-state index in [4.69, 9.17) is 5.84 Å². The maximum atomic E-state index is 14.4.